The monoisotopic (exact) mass is 381 g/mol. The van der Waals surface area contributed by atoms with Gasteiger partial charge in [0.2, 0.25) is 0 Å². The summed E-state index contributed by atoms with van der Waals surface area (Å²) in [5.74, 6) is 0.00645. The highest BCUT2D eigenvalue weighted by atomic mass is 16.2. The molecule has 2 aromatic rings. The Morgan fingerprint density at radius 2 is 1.96 bits per heavy atom. The van der Waals surface area contributed by atoms with Crippen molar-refractivity contribution < 1.29 is 9.59 Å². The second kappa shape index (κ2) is 9.85. The second-order valence-electron chi connectivity index (χ2n) is 7.00. The Morgan fingerprint density at radius 3 is 2.68 bits per heavy atom. The molecular weight excluding hydrogens is 354 g/mol. The summed E-state index contributed by atoms with van der Waals surface area (Å²) in [4.78, 5) is 30.5. The molecule has 3 amide bonds. The zero-order valence-electron chi connectivity index (χ0n) is 15.9. The minimum Gasteiger partial charge on any atom is -0.352 e. The number of hydrogen-bond acceptors (Lipinski definition) is 4. The van der Waals surface area contributed by atoms with Gasteiger partial charge in [-0.15, -0.1) is 0 Å². The molecule has 1 aliphatic heterocycles. The van der Waals surface area contributed by atoms with E-state index in [1.807, 2.05) is 35.2 Å². The van der Waals surface area contributed by atoms with Crippen molar-refractivity contribution in [3.05, 3.63) is 65.5 Å². The number of nitrogens with one attached hydrogen (secondary N) is 2. The van der Waals surface area contributed by atoms with Gasteiger partial charge in [-0.25, -0.2) is 4.79 Å². The topological polar surface area (TPSA) is 100 Å². The predicted octanol–water partition coefficient (Wildman–Crippen LogP) is 2.03. The number of benzene rings is 1. The maximum atomic E-state index is 13.3. The van der Waals surface area contributed by atoms with Crippen molar-refractivity contribution in [3.8, 4) is 0 Å². The summed E-state index contributed by atoms with van der Waals surface area (Å²) >= 11 is 0. The van der Waals surface area contributed by atoms with Gasteiger partial charge in [0.25, 0.3) is 5.91 Å². The van der Waals surface area contributed by atoms with Crippen LogP contribution in [0.4, 0.5) is 4.79 Å². The van der Waals surface area contributed by atoms with E-state index in [9.17, 15) is 9.59 Å². The molecule has 0 radical (unpaired) electrons. The molecule has 4 N–H and O–H groups in total. The van der Waals surface area contributed by atoms with E-state index in [2.05, 4.69) is 15.6 Å². The SMILES string of the molecule is NC(=O)NCc1ccc(C(=O)N(Cc2ccccn2)C2CCCNCC2)cc1. The number of carbonyl (C=O) groups excluding carboxylic acids is 2. The molecule has 0 saturated carbocycles. The van der Waals surface area contributed by atoms with E-state index in [1.54, 1.807) is 18.3 Å². The zero-order valence-corrected chi connectivity index (χ0v) is 15.9. The lowest BCUT2D eigenvalue weighted by Gasteiger charge is -2.31. The first-order valence-electron chi connectivity index (χ1n) is 9.67. The van der Waals surface area contributed by atoms with Gasteiger partial charge >= 0.3 is 6.03 Å². The Morgan fingerprint density at radius 1 is 1.14 bits per heavy atom. The third kappa shape index (κ3) is 5.53. The first-order valence-corrected chi connectivity index (χ1v) is 9.67. The molecule has 28 heavy (non-hydrogen) atoms. The average Bonchev–Trinajstić information content (AvgIpc) is 3.00. The van der Waals surface area contributed by atoms with E-state index in [0.29, 0.717) is 18.7 Å². The summed E-state index contributed by atoms with van der Waals surface area (Å²) in [6, 6.07) is 12.7. The molecule has 0 spiro atoms. The van der Waals surface area contributed by atoms with Gasteiger partial charge in [0, 0.05) is 24.3 Å². The van der Waals surface area contributed by atoms with Crippen LogP contribution >= 0.6 is 0 Å². The van der Waals surface area contributed by atoms with Gasteiger partial charge in [-0.3, -0.25) is 9.78 Å². The van der Waals surface area contributed by atoms with Crippen LogP contribution < -0.4 is 16.4 Å². The third-order valence-electron chi connectivity index (χ3n) is 4.97. The number of amides is 3. The summed E-state index contributed by atoms with van der Waals surface area (Å²) in [5, 5.41) is 5.96. The third-order valence-corrected chi connectivity index (χ3v) is 4.97. The van der Waals surface area contributed by atoms with Crippen molar-refractivity contribution >= 4 is 11.9 Å². The molecule has 0 bridgehead atoms. The van der Waals surface area contributed by atoms with Crippen LogP contribution in [-0.2, 0) is 13.1 Å². The molecule has 0 aliphatic carbocycles. The van der Waals surface area contributed by atoms with Gasteiger partial charge in [0.1, 0.15) is 0 Å². The number of aromatic nitrogens is 1. The summed E-state index contributed by atoms with van der Waals surface area (Å²) < 4.78 is 0. The summed E-state index contributed by atoms with van der Waals surface area (Å²) in [6.45, 7) is 2.74. The van der Waals surface area contributed by atoms with E-state index in [4.69, 9.17) is 5.73 Å². The predicted molar refractivity (Wildman–Crippen MR) is 107 cm³/mol. The van der Waals surface area contributed by atoms with Gasteiger partial charge < -0.3 is 21.3 Å². The van der Waals surface area contributed by atoms with Gasteiger partial charge in [-0.2, -0.15) is 0 Å². The van der Waals surface area contributed by atoms with Crippen molar-refractivity contribution in [2.45, 2.75) is 38.4 Å². The molecule has 1 fully saturated rings. The maximum absolute atomic E-state index is 13.3. The van der Waals surface area contributed by atoms with E-state index in [-0.39, 0.29) is 11.9 Å². The molecule has 1 aromatic carbocycles. The fourth-order valence-electron chi connectivity index (χ4n) is 3.47. The van der Waals surface area contributed by atoms with Gasteiger partial charge in [0.15, 0.2) is 0 Å². The Bertz CT molecular complexity index is 771. The lowest BCUT2D eigenvalue weighted by atomic mass is 10.0. The number of carbonyl (C=O) groups is 2. The van der Waals surface area contributed by atoms with E-state index < -0.39 is 6.03 Å². The molecule has 7 heteroatoms. The quantitative estimate of drug-likeness (QED) is 0.713. The highest BCUT2D eigenvalue weighted by molar-refractivity contribution is 5.94. The summed E-state index contributed by atoms with van der Waals surface area (Å²) in [6.07, 6.45) is 4.72. The Kier molecular flexibility index (Phi) is 6.97. The Hall–Kier alpha value is -2.93. The summed E-state index contributed by atoms with van der Waals surface area (Å²) in [5.41, 5.74) is 7.52. The molecule has 1 unspecified atom stereocenters. The molecule has 1 atom stereocenters. The van der Waals surface area contributed by atoms with Crippen molar-refractivity contribution in [1.82, 2.24) is 20.5 Å². The van der Waals surface area contributed by atoms with Crippen LogP contribution in [0.2, 0.25) is 0 Å². The minimum atomic E-state index is -0.566. The molecule has 7 nitrogen and oxygen atoms in total. The van der Waals surface area contributed by atoms with Gasteiger partial charge in [-0.1, -0.05) is 18.2 Å². The normalized spacial score (nSPS) is 16.8. The van der Waals surface area contributed by atoms with Gasteiger partial charge in [0.05, 0.1) is 12.2 Å². The largest absolute Gasteiger partial charge is 0.352 e. The minimum absolute atomic E-state index is 0.00645. The number of primary amides is 1. The van der Waals surface area contributed by atoms with E-state index in [0.717, 1.165) is 43.6 Å². The van der Waals surface area contributed by atoms with Crippen molar-refractivity contribution in [3.63, 3.8) is 0 Å². The summed E-state index contributed by atoms with van der Waals surface area (Å²) in [7, 11) is 0. The lowest BCUT2D eigenvalue weighted by molar-refractivity contribution is 0.0642. The fraction of sp³-hybridized carbons (Fsp3) is 0.381. The Labute approximate surface area is 165 Å². The highest BCUT2D eigenvalue weighted by Gasteiger charge is 2.26. The number of rotatable bonds is 6. The first kappa shape index (κ1) is 19.8. The van der Waals surface area contributed by atoms with Crippen molar-refractivity contribution in [1.29, 1.82) is 0 Å². The van der Waals surface area contributed by atoms with Crippen LogP contribution in [0.25, 0.3) is 0 Å². The van der Waals surface area contributed by atoms with Gasteiger partial charge in [-0.05, 0) is 62.2 Å². The molecule has 1 aromatic heterocycles. The standard InChI is InChI=1S/C21H27N5O2/c22-21(28)25-14-16-6-8-17(9-7-16)20(27)26(15-18-4-1-2-12-24-18)19-5-3-11-23-13-10-19/h1-2,4,6-9,12,19,23H,3,5,10-11,13-15H2,(H3,22,25,28). The van der Waals surface area contributed by atoms with Crippen molar-refractivity contribution in [2.75, 3.05) is 13.1 Å². The van der Waals surface area contributed by atoms with E-state index in [1.165, 1.54) is 0 Å². The maximum Gasteiger partial charge on any atom is 0.312 e. The van der Waals surface area contributed by atoms with Crippen LogP contribution in [0.1, 0.15) is 40.9 Å². The van der Waals surface area contributed by atoms with Crippen LogP contribution in [0, 0.1) is 0 Å². The lowest BCUT2D eigenvalue weighted by Crippen LogP contribution is -2.40. The van der Waals surface area contributed by atoms with Crippen LogP contribution in [0.15, 0.2) is 48.7 Å². The number of nitrogens with zero attached hydrogens (tertiary/aromatic N) is 2. The highest BCUT2D eigenvalue weighted by Crippen LogP contribution is 2.20. The van der Waals surface area contributed by atoms with E-state index >= 15 is 0 Å². The zero-order chi connectivity index (χ0) is 19.8. The molecular formula is C21H27N5O2. The Balaban J connectivity index is 1.77. The van der Waals surface area contributed by atoms with Crippen LogP contribution in [0.3, 0.4) is 0 Å². The molecule has 148 valence electrons. The number of hydrogen-bond donors (Lipinski definition) is 3. The second-order valence-corrected chi connectivity index (χ2v) is 7.00. The molecule has 2 heterocycles. The number of nitrogens with two attached hydrogens (primary N) is 1. The number of pyridine rings is 1. The first-order chi connectivity index (χ1) is 13.6. The number of urea groups is 1. The van der Waals surface area contributed by atoms with Crippen LogP contribution in [-0.4, -0.2) is 41.0 Å². The van der Waals surface area contributed by atoms with Crippen molar-refractivity contribution in [2.24, 2.45) is 5.73 Å². The fourth-order valence-corrected chi connectivity index (χ4v) is 3.47. The smallest absolute Gasteiger partial charge is 0.312 e. The molecule has 3 rings (SSSR count). The molecule has 1 saturated heterocycles. The molecule has 1 aliphatic rings. The average molecular weight is 381 g/mol. The van der Waals surface area contributed by atoms with Crippen LogP contribution in [0.5, 0.6) is 0 Å².